The fraction of sp³-hybridized carbons (Fsp3) is 0.409. The third kappa shape index (κ3) is 7.95. The molecule has 3 atom stereocenters. The van der Waals surface area contributed by atoms with Gasteiger partial charge in [0.25, 0.3) is 0 Å². The molecule has 2 heterocycles. The van der Waals surface area contributed by atoms with Crippen molar-refractivity contribution in [1.82, 2.24) is 10.2 Å². The number of hydrogen-bond donors (Lipinski definition) is 2. The van der Waals surface area contributed by atoms with Crippen LogP contribution in [0.2, 0.25) is 5.02 Å². The van der Waals surface area contributed by atoms with Crippen molar-refractivity contribution in [2.45, 2.75) is 44.9 Å². The first-order valence-electron chi connectivity index (χ1n) is 10.3. The molecule has 13 heteroatoms. The number of nitrogens with two attached hydrogens (primary N) is 1. The van der Waals surface area contributed by atoms with Crippen LogP contribution in [-0.4, -0.2) is 60.1 Å². The first-order chi connectivity index (χ1) is 16.6. The topological polar surface area (TPSA) is 167 Å². The van der Waals surface area contributed by atoms with Crippen LogP contribution in [-0.2, 0) is 33.3 Å². The van der Waals surface area contributed by atoms with Crippen LogP contribution >= 0.6 is 27.5 Å². The van der Waals surface area contributed by atoms with Crippen molar-refractivity contribution in [1.29, 1.82) is 5.26 Å². The molecule has 0 bridgehead atoms. The Bertz CT molecular complexity index is 1160. The van der Waals surface area contributed by atoms with Gasteiger partial charge in [-0.15, -0.1) is 0 Å². The number of nitrogens with zero attached hydrogens (tertiary/aromatic N) is 2. The number of methoxy groups -OCH3 is 1. The van der Waals surface area contributed by atoms with Crippen LogP contribution in [0.25, 0.3) is 10.9 Å². The van der Waals surface area contributed by atoms with Crippen molar-refractivity contribution < 1.29 is 33.3 Å². The van der Waals surface area contributed by atoms with E-state index in [-0.39, 0.29) is 18.8 Å². The maximum atomic E-state index is 11.5. The van der Waals surface area contributed by atoms with Crippen molar-refractivity contribution >= 4 is 56.3 Å². The Hall–Kier alpha value is -3.14. The van der Waals surface area contributed by atoms with Crippen molar-refractivity contribution in [3.05, 3.63) is 39.2 Å². The molecule has 0 spiro atoms. The van der Waals surface area contributed by atoms with Gasteiger partial charge in [0.2, 0.25) is 5.76 Å². The van der Waals surface area contributed by atoms with E-state index in [9.17, 15) is 14.4 Å². The van der Waals surface area contributed by atoms with Crippen LogP contribution < -0.4 is 5.73 Å². The van der Waals surface area contributed by atoms with Gasteiger partial charge in [-0.05, 0) is 40.6 Å². The SMILES string of the molecule is COC(=O)C1=CCC(N)C(C(CCOC(C)=O)OC(C)=O)O1.N#Cc1n[nH]c2cc(Cl)c(Br)cc12. The number of halogens is 2. The summed E-state index contributed by atoms with van der Waals surface area (Å²) >= 11 is 9.14. The van der Waals surface area contributed by atoms with Crippen LogP contribution in [0.5, 0.6) is 0 Å². The van der Waals surface area contributed by atoms with E-state index in [0.29, 0.717) is 17.1 Å². The lowest BCUT2D eigenvalue weighted by Crippen LogP contribution is -2.49. The molecule has 0 amide bonds. The molecule has 0 aliphatic carbocycles. The van der Waals surface area contributed by atoms with E-state index < -0.39 is 36.2 Å². The average Bonchev–Trinajstić information content (AvgIpc) is 3.20. The molecule has 188 valence electrons. The summed E-state index contributed by atoms with van der Waals surface area (Å²) in [4.78, 5) is 33.6. The number of aromatic nitrogens is 2. The normalized spacial score (nSPS) is 17.6. The summed E-state index contributed by atoms with van der Waals surface area (Å²) in [5, 5.41) is 16.6. The van der Waals surface area contributed by atoms with Gasteiger partial charge in [-0.3, -0.25) is 14.7 Å². The highest BCUT2D eigenvalue weighted by atomic mass is 79.9. The second-order valence-electron chi connectivity index (χ2n) is 7.31. The lowest BCUT2D eigenvalue weighted by molar-refractivity contribution is -0.159. The van der Waals surface area contributed by atoms with Crippen LogP contribution in [0, 0.1) is 11.3 Å². The number of esters is 3. The van der Waals surface area contributed by atoms with Crippen LogP contribution in [0.1, 0.15) is 32.4 Å². The Morgan fingerprint density at radius 3 is 2.69 bits per heavy atom. The Kier molecular flexibility index (Phi) is 10.5. The third-order valence-electron chi connectivity index (χ3n) is 4.75. The van der Waals surface area contributed by atoms with Crippen LogP contribution in [0.15, 0.2) is 28.4 Å². The highest BCUT2D eigenvalue weighted by Crippen LogP contribution is 2.28. The number of nitriles is 1. The maximum Gasteiger partial charge on any atom is 0.372 e. The number of fused-ring (bicyclic) bond motifs is 1. The minimum absolute atomic E-state index is 0.0267. The number of carbonyl (C=O) groups excluding carboxylic acids is 3. The van der Waals surface area contributed by atoms with Crippen molar-refractivity contribution in [3.8, 4) is 6.07 Å². The molecular formula is C22H24BrClN4O7. The fourth-order valence-electron chi connectivity index (χ4n) is 3.16. The summed E-state index contributed by atoms with van der Waals surface area (Å²) in [6, 6.07) is 5.04. The molecular weight excluding hydrogens is 548 g/mol. The number of hydrogen-bond acceptors (Lipinski definition) is 10. The second kappa shape index (κ2) is 13.1. The van der Waals surface area contributed by atoms with Gasteiger partial charge in [-0.1, -0.05) is 11.6 Å². The minimum Gasteiger partial charge on any atom is -0.478 e. The molecule has 3 rings (SSSR count). The Morgan fingerprint density at radius 2 is 2.09 bits per heavy atom. The van der Waals surface area contributed by atoms with Gasteiger partial charge in [-0.2, -0.15) is 10.4 Å². The molecule has 0 fully saturated rings. The zero-order valence-electron chi connectivity index (χ0n) is 19.2. The van der Waals surface area contributed by atoms with E-state index >= 15 is 0 Å². The molecule has 1 aromatic heterocycles. The van der Waals surface area contributed by atoms with Gasteiger partial charge >= 0.3 is 17.9 Å². The molecule has 35 heavy (non-hydrogen) atoms. The van der Waals surface area contributed by atoms with Crippen LogP contribution in [0.4, 0.5) is 0 Å². The Balaban J connectivity index is 0.000000279. The number of H-pyrrole nitrogens is 1. The van der Waals surface area contributed by atoms with Crippen molar-refractivity contribution in [2.75, 3.05) is 13.7 Å². The summed E-state index contributed by atoms with van der Waals surface area (Å²) in [5.74, 6) is -1.55. The highest BCUT2D eigenvalue weighted by molar-refractivity contribution is 9.10. The summed E-state index contributed by atoms with van der Waals surface area (Å²) in [6.07, 6.45) is 0.662. The number of rotatable bonds is 6. The molecule has 11 nitrogen and oxygen atoms in total. The molecule has 1 aliphatic rings. The first kappa shape index (κ1) is 28.1. The summed E-state index contributed by atoms with van der Waals surface area (Å²) in [6.45, 7) is 2.59. The van der Waals surface area contributed by atoms with Gasteiger partial charge in [0.1, 0.15) is 12.2 Å². The van der Waals surface area contributed by atoms with E-state index in [4.69, 9.17) is 36.8 Å². The summed E-state index contributed by atoms with van der Waals surface area (Å²) in [7, 11) is 1.24. The molecule has 3 N–H and O–H groups in total. The van der Waals surface area contributed by atoms with E-state index in [0.717, 1.165) is 15.4 Å². The monoisotopic (exact) mass is 570 g/mol. The summed E-state index contributed by atoms with van der Waals surface area (Å²) < 4.78 is 20.9. The second-order valence-corrected chi connectivity index (χ2v) is 8.58. The molecule has 0 saturated carbocycles. The van der Waals surface area contributed by atoms with E-state index in [1.165, 1.54) is 27.0 Å². The van der Waals surface area contributed by atoms with Gasteiger partial charge in [0.05, 0.1) is 24.3 Å². The third-order valence-corrected chi connectivity index (χ3v) is 5.95. The number of ether oxygens (including phenoxy) is 4. The van der Waals surface area contributed by atoms with Gasteiger partial charge in [0.15, 0.2) is 11.8 Å². The largest absolute Gasteiger partial charge is 0.478 e. The lowest BCUT2D eigenvalue weighted by Gasteiger charge is -2.34. The quantitative estimate of drug-likeness (QED) is 0.389. The zero-order chi connectivity index (χ0) is 26.1. The van der Waals surface area contributed by atoms with Gasteiger partial charge < -0.3 is 24.7 Å². The number of carbonyl (C=O) groups is 3. The summed E-state index contributed by atoms with van der Waals surface area (Å²) in [5.41, 5.74) is 7.12. The predicted octanol–water partition coefficient (Wildman–Crippen LogP) is 2.89. The standard InChI is InChI=1S/C14H21NO7.C8H3BrClN3/c1-8(16)20-7-6-11(21-9(2)17)13-10(15)4-5-12(22-13)14(18)19-3;9-5-1-4-7(2-6(5)10)12-13-8(4)3-11/h5,10-11,13H,4,6-7,15H2,1-3H3;1-2H,(H,12,13). The molecule has 3 unspecified atom stereocenters. The average molecular weight is 572 g/mol. The fourth-order valence-corrected chi connectivity index (χ4v) is 3.67. The van der Waals surface area contributed by atoms with Crippen LogP contribution in [0.3, 0.4) is 0 Å². The predicted molar refractivity (Wildman–Crippen MR) is 128 cm³/mol. The molecule has 0 radical (unpaired) electrons. The number of benzene rings is 1. The smallest absolute Gasteiger partial charge is 0.372 e. The lowest BCUT2D eigenvalue weighted by atomic mass is 9.98. The Labute approximate surface area is 214 Å². The number of aromatic amines is 1. The molecule has 1 aromatic carbocycles. The van der Waals surface area contributed by atoms with E-state index in [1.54, 1.807) is 12.1 Å². The van der Waals surface area contributed by atoms with E-state index in [2.05, 4.69) is 30.9 Å². The first-order valence-corrected chi connectivity index (χ1v) is 11.5. The van der Waals surface area contributed by atoms with Crippen molar-refractivity contribution in [2.24, 2.45) is 5.73 Å². The van der Waals surface area contributed by atoms with Crippen molar-refractivity contribution in [3.63, 3.8) is 0 Å². The number of nitrogens with one attached hydrogen (secondary N) is 1. The molecule has 1 aliphatic heterocycles. The van der Waals surface area contributed by atoms with Gasteiger partial charge in [0, 0.05) is 36.2 Å². The molecule has 0 saturated heterocycles. The van der Waals surface area contributed by atoms with Gasteiger partial charge in [-0.25, -0.2) is 4.79 Å². The Morgan fingerprint density at radius 1 is 1.37 bits per heavy atom. The zero-order valence-corrected chi connectivity index (χ0v) is 21.5. The van der Waals surface area contributed by atoms with E-state index in [1.807, 2.05) is 6.07 Å². The highest BCUT2D eigenvalue weighted by Gasteiger charge is 2.36. The maximum absolute atomic E-state index is 11.5. The molecule has 2 aromatic rings. The minimum atomic E-state index is -0.736.